The molecule has 0 aromatic heterocycles. The van der Waals surface area contributed by atoms with Gasteiger partial charge in [-0.25, -0.2) is 25.6 Å². The molecule has 4 aromatic rings. The summed E-state index contributed by atoms with van der Waals surface area (Å²) in [6.45, 7) is 1.36. The summed E-state index contributed by atoms with van der Waals surface area (Å²) in [7, 11) is -9.07. The molecule has 1 saturated carbocycles. The van der Waals surface area contributed by atoms with Crippen LogP contribution in [0, 0.1) is 25.5 Å². The van der Waals surface area contributed by atoms with Gasteiger partial charge < -0.3 is 14.5 Å². The zero-order valence-electron chi connectivity index (χ0n) is 32.4. The van der Waals surface area contributed by atoms with Crippen molar-refractivity contribution < 1.29 is 62.7 Å². The second kappa shape index (κ2) is 16.1. The summed E-state index contributed by atoms with van der Waals surface area (Å²) < 4.78 is 125. The lowest BCUT2D eigenvalue weighted by atomic mass is 9.92. The highest BCUT2D eigenvalue weighted by Crippen LogP contribution is 2.34. The minimum atomic E-state index is -5.63. The van der Waals surface area contributed by atoms with Crippen molar-refractivity contribution in [1.29, 1.82) is 0 Å². The Balaban J connectivity index is 1.08. The molecule has 20 heteroatoms. The van der Waals surface area contributed by atoms with Gasteiger partial charge in [-0.1, -0.05) is 24.3 Å². The van der Waals surface area contributed by atoms with Crippen LogP contribution in [0.15, 0.2) is 48.5 Å². The first-order chi connectivity index (χ1) is 28.2. The van der Waals surface area contributed by atoms with Gasteiger partial charge in [-0.05, 0) is 94.8 Å². The maximum atomic E-state index is 14.5. The molecule has 2 aliphatic heterocycles. The van der Waals surface area contributed by atoms with Crippen LogP contribution in [0.3, 0.4) is 0 Å². The number of sulfonamides is 2. The fraction of sp³-hybridized carbons (Fsp3) is 0.400. The van der Waals surface area contributed by atoms with Gasteiger partial charge in [-0.2, -0.15) is 21.8 Å². The van der Waals surface area contributed by atoms with Crippen LogP contribution in [-0.2, 0) is 47.2 Å². The second-order valence-corrected chi connectivity index (χ2v) is 19.2. The van der Waals surface area contributed by atoms with Gasteiger partial charge >= 0.3 is 27.5 Å². The number of rotatable bonds is 9. The molecule has 60 heavy (non-hydrogen) atoms. The molecule has 2 amide bonds. The summed E-state index contributed by atoms with van der Waals surface area (Å²) in [5.74, 6) is -4.54. The monoisotopic (exact) mass is 878 g/mol. The zero-order valence-corrected chi connectivity index (χ0v) is 34.0. The number of esters is 2. The maximum Gasteiger partial charge on any atom is 0.511 e. The Morgan fingerprint density at radius 1 is 0.633 bits per heavy atom. The Bertz CT molecular complexity index is 2670. The normalized spacial score (nSPS) is 17.3. The van der Waals surface area contributed by atoms with Crippen LogP contribution >= 0.6 is 0 Å². The summed E-state index contributed by atoms with van der Waals surface area (Å²) in [5.41, 5.74) is -4.43. The van der Waals surface area contributed by atoms with E-state index in [-0.39, 0.29) is 63.5 Å². The van der Waals surface area contributed by atoms with Crippen LogP contribution < -0.4 is 0 Å². The number of alkyl halides is 3. The predicted molar refractivity (Wildman–Crippen MR) is 208 cm³/mol. The number of halogens is 5. The highest BCUT2D eigenvalue weighted by Gasteiger charge is 2.50. The lowest BCUT2D eigenvalue weighted by Gasteiger charge is -2.34. The SMILES string of the molecule is Cc1c(CC(=O)OC(=O)Cc2cc3ccc(F)cc3c(C(=O)N3CCN(S(=O)(=O)C(F)(F)F)CC3)c2C)cc2ccc(F)cc2c1C(=O)N1CCN(S(=O)(=O)C2CC2)CC1. The summed E-state index contributed by atoms with van der Waals surface area (Å²) in [6, 6.07) is 10.5. The highest BCUT2D eigenvalue weighted by molar-refractivity contribution is 7.90. The molecular formula is C40H39F5N4O9S2. The van der Waals surface area contributed by atoms with Crippen LogP contribution in [0.2, 0.25) is 0 Å². The first-order valence-electron chi connectivity index (χ1n) is 19.0. The number of benzene rings is 4. The van der Waals surface area contributed by atoms with E-state index in [4.69, 9.17) is 4.74 Å². The molecule has 2 saturated heterocycles. The first kappa shape index (κ1) is 43.1. The molecule has 7 rings (SSSR count). The fourth-order valence-corrected chi connectivity index (χ4v) is 10.6. The van der Waals surface area contributed by atoms with Crippen LogP contribution in [0.1, 0.15) is 55.8 Å². The smallest absolute Gasteiger partial charge is 0.393 e. The number of amides is 2. The van der Waals surface area contributed by atoms with E-state index in [1.807, 2.05) is 0 Å². The highest BCUT2D eigenvalue weighted by atomic mass is 32.2. The van der Waals surface area contributed by atoms with Crippen molar-refractivity contribution in [2.45, 2.75) is 50.3 Å². The average Bonchev–Trinajstić information content (AvgIpc) is 4.05. The molecular weight excluding hydrogens is 840 g/mol. The number of piperazine rings is 2. The number of carbonyl (C=O) groups is 4. The number of hydrogen-bond donors (Lipinski definition) is 0. The minimum absolute atomic E-state index is 0.0698. The molecule has 0 bridgehead atoms. The predicted octanol–water partition coefficient (Wildman–Crippen LogP) is 4.60. The Hall–Kier alpha value is -5.05. The molecule has 2 heterocycles. The van der Waals surface area contributed by atoms with Gasteiger partial charge in [0.1, 0.15) is 11.6 Å². The molecule has 3 fully saturated rings. The van der Waals surface area contributed by atoms with E-state index in [1.54, 1.807) is 13.0 Å². The molecule has 0 N–H and O–H groups in total. The van der Waals surface area contributed by atoms with E-state index in [2.05, 4.69) is 0 Å². The van der Waals surface area contributed by atoms with E-state index in [0.717, 1.165) is 17.0 Å². The van der Waals surface area contributed by atoms with Crippen molar-refractivity contribution in [3.05, 3.63) is 93.5 Å². The molecule has 320 valence electrons. The van der Waals surface area contributed by atoms with E-state index < -0.39 is 105 Å². The molecule has 0 atom stereocenters. The average molecular weight is 879 g/mol. The summed E-state index contributed by atoms with van der Waals surface area (Å²) in [6.07, 6.45) is 0.188. The maximum absolute atomic E-state index is 14.5. The van der Waals surface area contributed by atoms with E-state index in [0.29, 0.717) is 34.7 Å². The lowest BCUT2D eigenvalue weighted by Crippen LogP contribution is -2.53. The molecule has 13 nitrogen and oxygen atoms in total. The molecule has 0 radical (unpaired) electrons. The van der Waals surface area contributed by atoms with Crippen molar-refractivity contribution in [2.24, 2.45) is 0 Å². The second-order valence-electron chi connectivity index (χ2n) is 15.1. The topological polar surface area (TPSA) is 159 Å². The van der Waals surface area contributed by atoms with Gasteiger partial charge in [0, 0.05) is 52.4 Å². The molecule has 0 spiro atoms. The van der Waals surface area contributed by atoms with Gasteiger partial charge in [0.05, 0.1) is 29.2 Å². The van der Waals surface area contributed by atoms with Gasteiger partial charge in [0.15, 0.2) is 0 Å². The number of ether oxygens (including phenoxy) is 1. The Kier molecular flexibility index (Phi) is 11.5. The quantitative estimate of drug-likeness (QED) is 0.133. The number of hydrogen-bond acceptors (Lipinski definition) is 9. The third kappa shape index (κ3) is 8.33. The summed E-state index contributed by atoms with van der Waals surface area (Å²) in [4.78, 5) is 57.2. The van der Waals surface area contributed by atoms with E-state index >= 15 is 0 Å². The molecule has 4 aromatic carbocycles. The molecule has 1 aliphatic carbocycles. The lowest BCUT2D eigenvalue weighted by molar-refractivity contribution is -0.158. The van der Waals surface area contributed by atoms with Crippen LogP contribution in [0.4, 0.5) is 22.0 Å². The summed E-state index contributed by atoms with van der Waals surface area (Å²) >= 11 is 0. The Morgan fingerprint density at radius 3 is 1.42 bits per heavy atom. The third-order valence-corrected chi connectivity index (χ3v) is 15.3. The van der Waals surface area contributed by atoms with Gasteiger partial charge in [-0.15, -0.1) is 0 Å². The van der Waals surface area contributed by atoms with Gasteiger partial charge in [0.25, 0.3) is 11.8 Å². The Morgan fingerprint density at radius 2 is 1.03 bits per heavy atom. The standard InChI is InChI=1S/C40H39F5N4O9S2/c1-23-27(17-25-3-5-29(41)21-32(25)36(23)38(52)46-9-13-48(14-10-46)59(54,55)31-7-8-31)19-34(50)58-35(51)20-28-18-26-4-6-30(42)22-33(26)37(24(28)2)39(53)47-11-15-49(16-12-47)60(56,57)40(43,44)45/h3-6,17-18,21-22,31H,7-16,19-20H2,1-2H3. The Labute approximate surface area is 341 Å². The van der Waals surface area contributed by atoms with Crippen LogP contribution in [-0.4, -0.2) is 122 Å². The van der Waals surface area contributed by atoms with E-state index in [1.165, 1.54) is 46.5 Å². The van der Waals surface area contributed by atoms with Crippen LogP contribution in [0.25, 0.3) is 21.5 Å². The number of nitrogens with zero attached hydrogens (tertiary/aromatic N) is 4. The third-order valence-electron chi connectivity index (χ3n) is 11.3. The molecule has 0 unspecified atom stereocenters. The minimum Gasteiger partial charge on any atom is -0.393 e. The largest absolute Gasteiger partial charge is 0.511 e. The van der Waals surface area contributed by atoms with Crippen molar-refractivity contribution in [1.82, 2.24) is 18.4 Å². The van der Waals surface area contributed by atoms with Crippen molar-refractivity contribution >= 4 is 65.3 Å². The molecule has 3 aliphatic rings. The zero-order chi connectivity index (χ0) is 43.5. The van der Waals surface area contributed by atoms with Crippen molar-refractivity contribution in [3.8, 4) is 0 Å². The number of fused-ring (bicyclic) bond motifs is 2. The van der Waals surface area contributed by atoms with Gasteiger partial charge in [0.2, 0.25) is 10.0 Å². The summed E-state index contributed by atoms with van der Waals surface area (Å²) in [5, 5.41) is 0.772. The first-order valence-corrected chi connectivity index (χ1v) is 21.9. The van der Waals surface area contributed by atoms with Gasteiger partial charge in [-0.3, -0.25) is 19.2 Å². The van der Waals surface area contributed by atoms with Crippen LogP contribution in [0.5, 0.6) is 0 Å². The van der Waals surface area contributed by atoms with E-state index in [9.17, 15) is 58.0 Å². The van der Waals surface area contributed by atoms with Crippen molar-refractivity contribution in [3.63, 3.8) is 0 Å². The fourth-order valence-electron chi connectivity index (χ4n) is 7.80. The number of carbonyl (C=O) groups excluding carboxylic acids is 4. The van der Waals surface area contributed by atoms with Crippen molar-refractivity contribution in [2.75, 3.05) is 52.4 Å².